The Morgan fingerprint density at radius 1 is 1.31 bits per heavy atom. The second-order valence-corrected chi connectivity index (χ2v) is 4.33. The molecule has 16 heavy (non-hydrogen) atoms. The van der Waals surface area contributed by atoms with Crippen molar-refractivity contribution in [1.29, 1.82) is 0 Å². The third kappa shape index (κ3) is 5.24. The summed E-state index contributed by atoms with van der Waals surface area (Å²) >= 11 is 0. The van der Waals surface area contributed by atoms with E-state index >= 15 is 0 Å². The molecule has 0 radical (unpaired) electrons. The van der Waals surface area contributed by atoms with Crippen molar-refractivity contribution in [3.8, 4) is 0 Å². The maximum Gasteiger partial charge on any atom is 0.0271 e. The molecule has 3 heteroatoms. The summed E-state index contributed by atoms with van der Waals surface area (Å²) < 4.78 is 0. The SMILES string of the molecule is CCN(CCNC(C)C)Cc1ccncc1. The summed E-state index contributed by atoms with van der Waals surface area (Å²) in [6, 6.07) is 4.73. The lowest BCUT2D eigenvalue weighted by Crippen LogP contribution is -2.34. The van der Waals surface area contributed by atoms with Crippen LogP contribution in [0.3, 0.4) is 0 Å². The van der Waals surface area contributed by atoms with Crippen LogP contribution in [0, 0.1) is 0 Å². The molecule has 0 atom stereocenters. The second-order valence-electron chi connectivity index (χ2n) is 4.33. The smallest absolute Gasteiger partial charge is 0.0271 e. The first-order chi connectivity index (χ1) is 7.72. The number of hydrogen-bond donors (Lipinski definition) is 1. The van der Waals surface area contributed by atoms with E-state index in [4.69, 9.17) is 0 Å². The molecule has 0 saturated carbocycles. The van der Waals surface area contributed by atoms with Gasteiger partial charge in [-0.05, 0) is 24.2 Å². The first kappa shape index (κ1) is 13.1. The van der Waals surface area contributed by atoms with Crippen LogP contribution in [0.15, 0.2) is 24.5 Å². The monoisotopic (exact) mass is 221 g/mol. The maximum atomic E-state index is 4.03. The van der Waals surface area contributed by atoms with Gasteiger partial charge < -0.3 is 5.32 Å². The number of pyridine rings is 1. The molecule has 0 aliphatic rings. The zero-order valence-corrected chi connectivity index (χ0v) is 10.6. The lowest BCUT2D eigenvalue weighted by Gasteiger charge is -2.21. The molecule has 1 aromatic rings. The van der Waals surface area contributed by atoms with Crippen molar-refractivity contribution in [2.45, 2.75) is 33.4 Å². The van der Waals surface area contributed by atoms with Gasteiger partial charge >= 0.3 is 0 Å². The van der Waals surface area contributed by atoms with Gasteiger partial charge in [-0.3, -0.25) is 9.88 Å². The number of aromatic nitrogens is 1. The minimum absolute atomic E-state index is 0.569. The van der Waals surface area contributed by atoms with Gasteiger partial charge in [0.25, 0.3) is 0 Å². The van der Waals surface area contributed by atoms with E-state index in [0.717, 1.165) is 26.2 Å². The van der Waals surface area contributed by atoms with Gasteiger partial charge in [0.1, 0.15) is 0 Å². The van der Waals surface area contributed by atoms with Crippen LogP contribution < -0.4 is 5.32 Å². The van der Waals surface area contributed by atoms with Gasteiger partial charge in [-0.2, -0.15) is 0 Å². The number of hydrogen-bond acceptors (Lipinski definition) is 3. The second kappa shape index (κ2) is 7.36. The summed E-state index contributed by atoms with van der Waals surface area (Å²) in [4.78, 5) is 6.47. The fourth-order valence-electron chi connectivity index (χ4n) is 1.61. The van der Waals surface area contributed by atoms with Gasteiger partial charge in [0.05, 0.1) is 0 Å². The van der Waals surface area contributed by atoms with Crippen molar-refractivity contribution in [3.63, 3.8) is 0 Å². The van der Waals surface area contributed by atoms with Gasteiger partial charge in [0.15, 0.2) is 0 Å². The number of nitrogens with zero attached hydrogens (tertiary/aromatic N) is 2. The Kier molecular flexibility index (Phi) is 6.04. The lowest BCUT2D eigenvalue weighted by molar-refractivity contribution is 0.276. The predicted molar refractivity (Wildman–Crippen MR) is 68.3 cm³/mol. The number of rotatable bonds is 7. The first-order valence-corrected chi connectivity index (χ1v) is 6.07. The number of nitrogens with one attached hydrogen (secondary N) is 1. The van der Waals surface area contributed by atoms with Crippen molar-refractivity contribution < 1.29 is 0 Å². The Balaban J connectivity index is 2.32. The van der Waals surface area contributed by atoms with Crippen LogP contribution in [0.25, 0.3) is 0 Å². The van der Waals surface area contributed by atoms with Gasteiger partial charge in [-0.25, -0.2) is 0 Å². The molecule has 1 N–H and O–H groups in total. The highest BCUT2D eigenvalue weighted by Crippen LogP contribution is 2.02. The Bertz CT molecular complexity index is 272. The van der Waals surface area contributed by atoms with Crippen LogP contribution in [-0.2, 0) is 6.54 Å². The van der Waals surface area contributed by atoms with Crippen LogP contribution in [-0.4, -0.2) is 35.6 Å². The average molecular weight is 221 g/mol. The standard InChI is InChI=1S/C13H23N3/c1-4-16(10-9-15-12(2)3)11-13-5-7-14-8-6-13/h5-8,12,15H,4,9-11H2,1-3H3. The normalized spacial score (nSPS) is 11.3. The van der Waals surface area contributed by atoms with Crippen molar-refractivity contribution in [3.05, 3.63) is 30.1 Å². The molecule has 0 fully saturated rings. The van der Waals surface area contributed by atoms with Crippen molar-refractivity contribution in [1.82, 2.24) is 15.2 Å². The Labute approximate surface area is 98.9 Å². The molecule has 0 aliphatic heterocycles. The summed E-state index contributed by atoms with van der Waals surface area (Å²) in [5.41, 5.74) is 1.33. The minimum atomic E-state index is 0.569. The quantitative estimate of drug-likeness (QED) is 0.762. The summed E-state index contributed by atoms with van der Waals surface area (Å²) in [7, 11) is 0. The van der Waals surface area contributed by atoms with E-state index in [1.807, 2.05) is 12.4 Å². The van der Waals surface area contributed by atoms with Crippen molar-refractivity contribution in [2.24, 2.45) is 0 Å². The largest absolute Gasteiger partial charge is 0.313 e. The third-order valence-electron chi connectivity index (χ3n) is 2.58. The van der Waals surface area contributed by atoms with Crippen LogP contribution in [0.2, 0.25) is 0 Å². The van der Waals surface area contributed by atoms with E-state index in [0.29, 0.717) is 6.04 Å². The van der Waals surface area contributed by atoms with Crippen molar-refractivity contribution >= 4 is 0 Å². The lowest BCUT2D eigenvalue weighted by atomic mass is 10.2. The molecule has 0 bridgehead atoms. The third-order valence-corrected chi connectivity index (χ3v) is 2.58. The van der Waals surface area contributed by atoms with Gasteiger partial charge in [0.2, 0.25) is 0 Å². The highest BCUT2D eigenvalue weighted by molar-refractivity contribution is 5.09. The van der Waals surface area contributed by atoms with Crippen LogP contribution >= 0.6 is 0 Å². The topological polar surface area (TPSA) is 28.2 Å². The number of likely N-dealkylation sites (N-methyl/N-ethyl adjacent to an activating group) is 1. The minimum Gasteiger partial charge on any atom is -0.313 e. The van der Waals surface area contributed by atoms with E-state index in [-0.39, 0.29) is 0 Å². The van der Waals surface area contributed by atoms with Crippen LogP contribution in [0.5, 0.6) is 0 Å². The molecule has 0 saturated heterocycles. The maximum absolute atomic E-state index is 4.03. The zero-order valence-electron chi connectivity index (χ0n) is 10.6. The molecule has 0 unspecified atom stereocenters. The van der Waals surface area contributed by atoms with Gasteiger partial charge in [-0.15, -0.1) is 0 Å². The summed E-state index contributed by atoms with van der Waals surface area (Å²) in [5, 5.41) is 3.44. The molecule has 1 aromatic heterocycles. The molecule has 3 nitrogen and oxygen atoms in total. The molecule has 0 spiro atoms. The van der Waals surface area contributed by atoms with Crippen LogP contribution in [0.4, 0.5) is 0 Å². The van der Waals surface area contributed by atoms with Crippen LogP contribution in [0.1, 0.15) is 26.3 Å². The Morgan fingerprint density at radius 3 is 2.56 bits per heavy atom. The van der Waals surface area contributed by atoms with E-state index < -0.39 is 0 Å². The zero-order chi connectivity index (χ0) is 11.8. The molecule has 0 amide bonds. The van der Waals surface area contributed by atoms with Gasteiger partial charge in [-0.1, -0.05) is 20.8 Å². The van der Waals surface area contributed by atoms with Crippen molar-refractivity contribution in [2.75, 3.05) is 19.6 Å². The van der Waals surface area contributed by atoms with E-state index in [9.17, 15) is 0 Å². The fourth-order valence-corrected chi connectivity index (χ4v) is 1.61. The molecular formula is C13H23N3. The average Bonchev–Trinajstić information content (AvgIpc) is 2.28. The van der Waals surface area contributed by atoms with E-state index in [1.165, 1.54) is 5.56 Å². The van der Waals surface area contributed by atoms with Gasteiger partial charge in [0, 0.05) is 38.1 Å². The van der Waals surface area contributed by atoms with E-state index in [1.54, 1.807) is 0 Å². The summed E-state index contributed by atoms with van der Waals surface area (Å²) in [6.45, 7) is 10.8. The predicted octanol–water partition coefficient (Wildman–Crippen LogP) is 1.90. The fraction of sp³-hybridized carbons (Fsp3) is 0.615. The Hall–Kier alpha value is -0.930. The Morgan fingerprint density at radius 2 is 2.00 bits per heavy atom. The molecular weight excluding hydrogens is 198 g/mol. The highest BCUT2D eigenvalue weighted by Gasteiger charge is 2.03. The molecule has 1 rings (SSSR count). The molecule has 0 aliphatic carbocycles. The first-order valence-electron chi connectivity index (χ1n) is 6.07. The molecule has 0 aromatic carbocycles. The molecule has 1 heterocycles. The van der Waals surface area contributed by atoms with E-state index in [2.05, 4.69) is 48.1 Å². The summed E-state index contributed by atoms with van der Waals surface area (Å²) in [5.74, 6) is 0. The summed E-state index contributed by atoms with van der Waals surface area (Å²) in [6.07, 6.45) is 3.71. The molecule has 90 valence electrons. The highest BCUT2D eigenvalue weighted by atomic mass is 15.1.